The van der Waals surface area contributed by atoms with Crippen LogP contribution in [0.4, 0.5) is 0 Å². The van der Waals surface area contributed by atoms with Gasteiger partial charge in [-0.15, -0.1) is 0 Å². The molecule has 3 heterocycles. The van der Waals surface area contributed by atoms with Crippen molar-refractivity contribution in [2.75, 3.05) is 11.5 Å². The van der Waals surface area contributed by atoms with E-state index in [1.807, 2.05) is 50.2 Å². The monoisotopic (exact) mass is 483 g/mol. The van der Waals surface area contributed by atoms with Crippen molar-refractivity contribution in [3.8, 4) is 11.1 Å². The standard InChI is InChI=1S/C25H26ClN3O3S/c1-15(12-18-4-7-20(26)8-5-18)25-27-22-13-19(24-16(2)28-32-17(24)3)6-9-23(22)29(25)21-10-11-33(30,31)14-21/h4-9,13,15,21H,10-12,14H2,1-3H3. The van der Waals surface area contributed by atoms with E-state index in [1.165, 1.54) is 5.56 Å². The van der Waals surface area contributed by atoms with Crippen LogP contribution in [0.1, 0.15) is 48.1 Å². The van der Waals surface area contributed by atoms with Gasteiger partial charge in [0, 0.05) is 16.5 Å². The summed E-state index contributed by atoms with van der Waals surface area (Å²) in [5.41, 5.74) is 5.80. The lowest BCUT2D eigenvalue weighted by molar-refractivity contribution is 0.393. The zero-order chi connectivity index (χ0) is 23.3. The van der Waals surface area contributed by atoms with Gasteiger partial charge in [0.15, 0.2) is 9.84 Å². The summed E-state index contributed by atoms with van der Waals surface area (Å²) in [6.45, 7) is 5.98. The Morgan fingerprint density at radius 1 is 1.18 bits per heavy atom. The maximum atomic E-state index is 12.3. The van der Waals surface area contributed by atoms with E-state index in [9.17, 15) is 8.42 Å². The first kappa shape index (κ1) is 22.2. The van der Waals surface area contributed by atoms with Crippen LogP contribution in [0.25, 0.3) is 22.2 Å². The van der Waals surface area contributed by atoms with Gasteiger partial charge in [0.1, 0.15) is 11.6 Å². The molecule has 1 fully saturated rings. The Kier molecular flexibility index (Phi) is 5.57. The second kappa shape index (κ2) is 8.29. The number of sulfone groups is 1. The minimum absolute atomic E-state index is 0.101. The summed E-state index contributed by atoms with van der Waals surface area (Å²) >= 11 is 6.05. The highest BCUT2D eigenvalue weighted by atomic mass is 35.5. The van der Waals surface area contributed by atoms with Crippen LogP contribution in [-0.4, -0.2) is 34.6 Å². The highest BCUT2D eigenvalue weighted by molar-refractivity contribution is 7.91. The normalized spacial score (nSPS) is 18.7. The average Bonchev–Trinajstić information content (AvgIpc) is 3.43. The number of nitrogens with zero attached hydrogens (tertiary/aromatic N) is 3. The van der Waals surface area contributed by atoms with Gasteiger partial charge in [-0.1, -0.05) is 41.9 Å². The van der Waals surface area contributed by atoms with Crippen LogP contribution >= 0.6 is 11.6 Å². The number of benzene rings is 2. The highest BCUT2D eigenvalue weighted by Crippen LogP contribution is 2.36. The molecule has 6 nitrogen and oxygen atoms in total. The summed E-state index contributed by atoms with van der Waals surface area (Å²) in [5.74, 6) is 2.16. The summed E-state index contributed by atoms with van der Waals surface area (Å²) in [5, 5.41) is 4.79. The molecule has 0 N–H and O–H groups in total. The number of aromatic nitrogens is 3. The summed E-state index contributed by atoms with van der Waals surface area (Å²) in [6, 6.07) is 13.9. The topological polar surface area (TPSA) is 78.0 Å². The lowest BCUT2D eigenvalue weighted by Crippen LogP contribution is -2.16. The maximum absolute atomic E-state index is 12.3. The molecular weight excluding hydrogens is 458 g/mol. The van der Waals surface area contributed by atoms with Crippen LogP contribution in [0.2, 0.25) is 5.02 Å². The van der Waals surface area contributed by atoms with Crippen LogP contribution in [0.3, 0.4) is 0 Å². The fraction of sp³-hybridized carbons (Fsp3) is 0.360. The SMILES string of the molecule is Cc1noc(C)c1-c1ccc2c(c1)nc(C(C)Cc1ccc(Cl)cc1)n2C1CCS(=O)(=O)C1. The van der Waals surface area contributed by atoms with Crippen LogP contribution in [0.15, 0.2) is 47.0 Å². The molecule has 2 aromatic carbocycles. The Morgan fingerprint density at radius 3 is 2.58 bits per heavy atom. The van der Waals surface area contributed by atoms with Crippen molar-refractivity contribution in [1.29, 1.82) is 0 Å². The van der Waals surface area contributed by atoms with Crippen molar-refractivity contribution in [2.24, 2.45) is 0 Å². The number of hydrogen-bond acceptors (Lipinski definition) is 5. The average molecular weight is 484 g/mol. The quantitative estimate of drug-likeness (QED) is 0.365. The third kappa shape index (κ3) is 4.20. The molecule has 5 rings (SSSR count). The zero-order valence-electron chi connectivity index (χ0n) is 18.9. The van der Waals surface area contributed by atoms with E-state index >= 15 is 0 Å². The minimum Gasteiger partial charge on any atom is -0.361 e. The van der Waals surface area contributed by atoms with Crippen molar-refractivity contribution >= 4 is 32.5 Å². The molecule has 1 aliphatic heterocycles. The number of hydrogen-bond donors (Lipinski definition) is 0. The van der Waals surface area contributed by atoms with E-state index in [-0.39, 0.29) is 23.5 Å². The summed E-state index contributed by atoms with van der Waals surface area (Å²) in [6.07, 6.45) is 1.40. The third-order valence-electron chi connectivity index (χ3n) is 6.51. The zero-order valence-corrected chi connectivity index (χ0v) is 20.4. The van der Waals surface area contributed by atoms with Gasteiger partial charge in [-0.25, -0.2) is 13.4 Å². The van der Waals surface area contributed by atoms with Gasteiger partial charge in [0.25, 0.3) is 0 Å². The highest BCUT2D eigenvalue weighted by Gasteiger charge is 2.33. The molecular formula is C25H26ClN3O3S. The van der Waals surface area contributed by atoms with Crippen LogP contribution in [-0.2, 0) is 16.3 Å². The Hall–Kier alpha value is -2.64. The van der Waals surface area contributed by atoms with Crippen molar-refractivity contribution in [2.45, 2.75) is 45.6 Å². The van der Waals surface area contributed by atoms with Crippen molar-refractivity contribution in [1.82, 2.24) is 14.7 Å². The molecule has 0 spiro atoms. The molecule has 0 radical (unpaired) electrons. The van der Waals surface area contributed by atoms with E-state index in [0.29, 0.717) is 11.4 Å². The molecule has 172 valence electrons. The molecule has 2 atom stereocenters. The first-order valence-corrected chi connectivity index (χ1v) is 13.3. The Morgan fingerprint density at radius 2 is 1.94 bits per heavy atom. The van der Waals surface area contributed by atoms with Crippen molar-refractivity contribution in [3.63, 3.8) is 0 Å². The van der Waals surface area contributed by atoms with E-state index in [2.05, 4.69) is 22.7 Å². The predicted molar refractivity (Wildman–Crippen MR) is 131 cm³/mol. The van der Waals surface area contributed by atoms with E-state index in [4.69, 9.17) is 21.1 Å². The summed E-state index contributed by atoms with van der Waals surface area (Å²) < 4.78 is 32.1. The number of fused-ring (bicyclic) bond motifs is 1. The molecule has 2 aromatic heterocycles. The first-order chi connectivity index (χ1) is 15.7. The third-order valence-corrected chi connectivity index (χ3v) is 8.51. The number of imidazole rings is 1. The Labute approximate surface area is 198 Å². The van der Waals surface area contributed by atoms with Gasteiger partial charge in [-0.3, -0.25) is 0 Å². The maximum Gasteiger partial charge on any atom is 0.152 e. The Balaban J connectivity index is 1.61. The fourth-order valence-corrected chi connectivity index (χ4v) is 6.77. The second-order valence-electron chi connectivity index (χ2n) is 9.03. The smallest absolute Gasteiger partial charge is 0.152 e. The molecule has 0 saturated carbocycles. The molecule has 0 amide bonds. The summed E-state index contributed by atoms with van der Waals surface area (Å²) in [4.78, 5) is 5.04. The lowest BCUT2D eigenvalue weighted by Gasteiger charge is -2.19. The lowest BCUT2D eigenvalue weighted by atomic mass is 10.00. The van der Waals surface area contributed by atoms with E-state index in [0.717, 1.165) is 45.9 Å². The van der Waals surface area contributed by atoms with E-state index < -0.39 is 9.84 Å². The van der Waals surface area contributed by atoms with E-state index in [1.54, 1.807) is 0 Å². The van der Waals surface area contributed by atoms with Gasteiger partial charge >= 0.3 is 0 Å². The molecule has 2 unspecified atom stereocenters. The number of rotatable bonds is 5. The van der Waals surface area contributed by atoms with Crippen LogP contribution in [0, 0.1) is 13.8 Å². The molecule has 1 aliphatic rings. The largest absolute Gasteiger partial charge is 0.361 e. The van der Waals surface area contributed by atoms with Crippen molar-refractivity contribution in [3.05, 3.63) is 70.3 Å². The Bertz CT molecular complexity index is 1420. The van der Waals surface area contributed by atoms with Gasteiger partial charge in [-0.05, 0) is 62.1 Å². The minimum atomic E-state index is -3.04. The predicted octanol–water partition coefficient (Wildman–Crippen LogP) is 5.67. The van der Waals surface area contributed by atoms with Crippen molar-refractivity contribution < 1.29 is 12.9 Å². The van der Waals surface area contributed by atoms with Crippen LogP contribution in [0.5, 0.6) is 0 Å². The first-order valence-electron chi connectivity index (χ1n) is 11.1. The van der Waals surface area contributed by atoms with Crippen LogP contribution < -0.4 is 0 Å². The summed E-state index contributed by atoms with van der Waals surface area (Å²) in [7, 11) is -3.04. The molecule has 8 heteroatoms. The van der Waals surface area contributed by atoms with Gasteiger partial charge in [-0.2, -0.15) is 0 Å². The molecule has 1 saturated heterocycles. The molecule has 0 aliphatic carbocycles. The van der Waals surface area contributed by atoms with Gasteiger partial charge in [0.05, 0.1) is 34.3 Å². The second-order valence-corrected chi connectivity index (χ2v) is 11.7. The fourth-order valence-electron chi connectivity index (χ4n) is 4.94. The molecule has 4 aromatic rings. The molecule has 0 bridgehead atoms. The number of halogens is 1. The number of aryl methyl sites for hydroxylation is 2. The van der Waals surface area contributed by atoms with Gasteiger partial charge < -0.3 is 9.09 Å². The molecule has 33 heavy (non-hydrogen) atoms. The van der Waals surface area contributed by atoms with Gasteiger partial charge in [0.2, 0.25) is 0 Å².